The molecule has 2 aromatic rings. The van der Waals surface area contributed by atoms with Crippen LogP contribution in [0.2, 0.25) is 0 Å². The fraction of sp³-hybridized carbons (Fsp3) is 0.533. The van der Waals surface area contributed by atoms with Crippen LogP contribution in [0.15, 0.2) is 27.3 Å². The van der Waals surface area contributed by atoms with E-state index in [9.17, 15) is 4.79 Å². The van der Waals surface area contributed by atoms with Gasteiger partial charge < -0.3 is 13.7 Å². The van der Waals surface area contributed by atoms with E-state index >= 15 is 0 Å². The number of esters is 1. The van der Waals surface area contributed by atoms with E-state index in [1.807, 2.05) is 6.92 Å². The number of likely N-dealkylation sites (tertiary alicyclic amines) is 1. The molecule has 118 valence electrons. The molecule has 1 aliphatic rings. The molecule has 7 heteroatoms. The molecule has 0 aromatic carbocycles. The van der Waals surface area contributed by atoms with Crippen LogP contribution in [0.5, 0.6) is 0 Å². The average molecular weight is 305 g/mol. The highest BCUT2D eigenvalue weighted by atomic mass is 16.5. The summed E-state index contributed by atoms with van der Waals surface area (Å²) >= 11 is 0. The normalized spacial score (nSPS) is 19.2. The standard InChI is InChI=1S/C15H19N3O4/c1-2-20-15(19)11-5-3-7-18(9-11)10-13-16-14(17-22-13)12-6-4-8-21-12/h4,6,8,11H,2-3,5,7,9-10H2,1H3. The van der Waals surface area contributed by atoms with Gasteiger partial charge in [-0.3, -0.25) is 9.69 Å². The number of rotatable bonds is 5. The summed E-state index contributed by atoms with van der Waals surface area (Å²) < 4.78 is 15.6. The zero-order valence-corrected chi connectivity index (χ0v) is 12.5. The summed E-state index contributed by atoms with van der Waals surface area (Å²) in [4.78, 5) is 18.3. The number of ether oxygens (including phenoxy) is 1. The highest BCUT2D eigenvalue weighted by molar-refractivity contribution is 5.72. The van der Waals surface area contributed by atoms with Crippen molar-refractivity contribution < 1.29 is 18.5 Å². The third kappa shape index (κ3) is 3.36. The molecule has 1 atom stereocenters. The van der Waals surface area contributed by atoms with Gasteiger partial charge in [0.05, 0.1) is 25.3 Å². The van der Waals surface area contributed by atoms with E-state index in [-0.39, 0.29) is 11.9 Å². The molecule has 22 heavy (non-hydrogen) atoms. The number of carbonyl (C=O) groups excluding carboxylic acids is 1. The number of piperidine rings is 1. The first-order valence-electron chi connectivity index (χ1n) is 7.51. The quantitative estimate of drug-likeness (QED) is 0.782. The lowest BCUT2D eigenvalue weighted by Crippen LogP contribution is -2.39. The second-order valence-electron chi connectivity index (χ2n) is 5.32. The largest absolute Gasteiger partial charge is 0.466 e. The first-order chi connectivity index (χ1) is 10.8. The topological polar surface area (TPSA) is 81.6 Å². The second-order valence-corrected chi connectivity index (χ2v) is 5.32. The molecule has 7 nitrogen and oxygen atoms in total. The molecule has 1 unspecified atom stereocenters. The molecule has 0 spiro atoms. The number of hydrogen-bond acceptors (Lipinski definition) is 7. The van der Waals surface area contributed by atoms with Crippen LogP contribution in [0, 0.1) is 5.92 Å². The van der Waals surface area contributed by atoms with Crippen molar-refractivity contribution in [1.29, 1.82) is 0 Å². The van der Waals surface area contributed by atoms with Crippen LogP contribution in [0.4, 0.5) is 0 Å². The summed E-state index contributed by atoms with van der Waals surface area (Å²) in [6, 6.07) is 3.56. The zero-order chi connectivity index (χ0) is 15.4. The molecule has 1 saturated heterocycles. The van der Waals surface area contributed by atoms with Crippen LogP contribution < -0.4 is 0 Å². The minimum Gasteiger partial charge on any atom is -0.466 e. The summed E-state index contributed by atoms with van der Waals surface area (Å²) in [5.74, 6) is 1.36. The van der Waals surface area contributed by atoms with Gasteiger partial charge in [0.15, 0.2) is 5.76 Å². The summed E-state index contributed by atoms with van der Waals surface area (Å²) in [7, 11) is 0. The van der Waals surface area contributed by atoms with Crippen LogP contribution in [0.25, 0.3) is 11.6 Å². The van der Waals surface area contributed by atoms with Gasteiger partial charge in [0.25, 0.3) is 0 Å². The average Bonchev–Trinajstić information content (AvgIpc) is 3.18. The SMILES string of the molecule is CCOC(=O)C1CCCN(Cc2nc(-c3ccco3)no2)C1. The lowest BCUT2D eigenvalue weighted by atomic mass is 9.98. The third-order valence-corrected chi connectivity index (χ3v) is 3.69. The van der Waals surface area contributed by atoms with E-state index in [1.54, 1.807) is 18.4 Å². The molecule has 0 amide bonds. The monoisotopic (exact) mass is 305 g/mol. The van der Waals surface area contributed by atoms with Crippen LogP contribution in [-0.2, 0) is 16.1 Å². The van der Waals surface area contributed by atoms with Gasteiger partial charge in [0.1, 0.15) is 0 Å². The van der Waals surface area contributed by atoms with E-state index in [2.05, 4.69) is 15.0 Å². The van der Waals surface area contributed by atoms with Crippen molar-refractivity contribution in [2.24, 2.45) is 5.92 Å². The van der Waals surface area contributed by atoms with Crippen molar-refractivity contribution in [1.82, 2.24) is 15.0 Å². The predicted molar refractivity (Wildman–Crippen MR) is 76.6 cm³/mol. The Hall–Kier alpha value is -2.15. The third-order valence-electron chi connectivity index (χ3n) is 3.69. The molecule has 2 aromatic heterocycles. The molecule has 3 rings (SSSR count). The molecule has 0 aliphatic carbocycles. The van der Waals surface area contributed by atoms with E-state index in [0.717, 1.165) is 19.4 Å². The molecule has 3 heterocycles. The molecule has 0 radical (unpaired) electrons. The second kappa shape index (κ2) is 6.74. The van der Waals surface area contributed by atoms with E-state index in [4.69, 9.17) is 13.7 Å². The maximum atomic E-state index is 11.8. The summed E-state index contributed by atoms with van der Waals surface area (Å²) in [5.41, 5.74) is 0. The van der Waals surface area contributed by atoms with Crippen LogP contribution in [0.3, 0.4) is 0 Å². The van der Waals surface area contributed by atoms with Gasteiger partial charge in [0.2, 0.25) is 11.7 Å². The minimum atomic E-state index is -0.117. The van der Waals surface area contributed by atoms with Gasteiger partial charge >= 0.3 is 5.97 Å². The van der Waals surface area contributed by atoms with E-state index in [1.165, 1.54) is 0 Å². The van der Waals surface area contributed by atoms with Gasteiger partial charge in [-0.15, -0.1) is 0 Å². The first kappa shape index (κ1) is 14.8. The van der Waals surface area contributed by atoms with Crippen LogP contribution >= 0.6 is 0 Å². The number of furan rings is 1. The molecule has 0 N–H and O–H groups in total. The molecular weight excluding hydrogens is 286 g/mol. The Balaban J connectivity index is 1.60. The van der Waals surface area contributed by atoms with Gasteiger partial charge in [-0.2, -0.15) is 4.98 Å². The minimum absolute atomic E-state index is 0.0684. The maximum Gasteiger partial charge on any atom is 0.310 e. The fourth-order valence-corrected chi connectivity index (χ4v) is 2.67. The highest BCUT2D eigenvalue weighted by Crippen LogP contribution is 2.21. The van der Waals surface area contributed by atoms with Crippen LogP contribution in [-0.4, -0.2) is 40.7 Å². The highest BCUT2D eigenvalue weighted by Gasteiger charge is 2.27. The Bertz CT molecular complexity index is 608. The lowest BCUT2D eigenvalue weighted by molar-refractivity contribution is -0.150. The van der Waals surface area contributed by atoms with Crippen molar-refractivity contribution in [3.05, 3.63) is 24.3 Å². The molecule has 0 saturated carbocycles. The summed E-state index contributed by atoms with van der Waals surface area (Å²) in [6.45, 7) is 4.36. The Labute approximate surface area is 128 Å². The van der Waals surface area contributed by atoms with E-state index < -0.39 is 0 Å². The van der Waals surface area contributed by atoms with Gasteiger partial charge in [0, 0.05) is 6.54 Å². The summed E-state index contributed by atoms with van der Waals surface area (Å²) in [6.07, 6.45) is 3.40. The van der Waals surface area contributed by atoms with Crippen LogP contribution in [0.1, 0.15) is 25.7 Å². The number of aromatic nitrogens is 2. The van der Waals surface area contributed by atoms with Gasteiger partial charge in [-0.05, 0) is 38.4 Å². The number of carbonyl (C=O) groups is 1. The Kier molecular flexibility index (Phi) is 4.53. The first-order valence-corrected chi connectivity index (χ1v) is 7.51. The molecular formula is C15H19N3O4. The van der Waals surface area contributed by atoms with Crippen molar-refractivity contribution >= 4 is 5.97 Å². The zero-order valence-electron chi connectivity index (χ0n) is 12.5. The maximum absolute atomic E-state index is 11.8. The van der Waals surface area contributed by atoms with E-state index in [0.29, 0.717) is 37.2 Å². The lowest BCUT2D eigenvalue weighted by Gasteiger charge is -2.30. The van der Waals surface area contributed by atoms with Gasteiger partial charge in [-0.1, -0.05) is 5.16 Å². The fourth-order valence-electron chi connectivity index (χ4n) is 2.67. The predicted octanol–water partition coefficient (Wildman–Crippen LogP) is 2.10. The van der Waals surface area contributed by atoms with Crippen molar-refractivity contribution in [2.75, 3.05) is 19.7 Å². The number of nitrogens with zero attached hydrogens (tertiary/aromatic N) is 3. The molecule has 1 aliphatic heterocycles. The van der Waals surface area contributed by atoms with Crippen molar-refractivity contribution in [3.63, 3.8) is 0 Å². The Morgan fingerprint density at radius 1 is 1.55 bits per heavy atom. The number of hydrogen-bond donors (Lipinski definition) is 0. The van der Waals surface area contributed by atoms with Crippen molar-refractivity contribution in [2.45, 2.75) is 26.3 Å². The summed E-state index contributed by atoms with van der Waals surface area (Å²) in [5, 5.41) is 3.91. The Morgan fingerprint density at radius 2 is 2.45 bits per heavy atom. The smallest absolute Gasteiger partial charge is 0.310 e. The Morgan fingerprint density at radius 3 is 3.23 bits per heavy atom. The van der Waals surface area contributed by atoms with Crippen molar-refractivity contribution in [3.8, 4) is 11.6 Å². The molecule has 1 fully saturated rings. The van der Waals surface area contributed by atoms with Gasteiger partial charge in [-0.25, -0.2) is 0 Å². The molecule has 0 bridgehead atoms.